The van der Waals surface area contributed by atoms with Crippen LogP contribution >= 0.6 is 11.3 Å². The summed E-state index contributed by atoms with van der Waals surface area (Å²) in [5, 5.41) is 10.8. The summed E-state index contributed by atoms with van der Waals surface area (Å²) in [6.45, 7) is 2.22. The molecule has 4 aromatic rings. The number of ether oxygens (including phenoxy) is 1. The van der Waals surface area contributed by atoms with Crippen LogP contribution in [0.25, 0.3) is 20.7 Å². The van der Waals surface area contributed by atoms with Gasteiger partial charge in [-0.05, 0) is 59.8 Å². The molecule has 30 heavy (non-hydrogen) atoms. The molecule has 2 aromatic carbocycles. The number of hydrogen-bond acceptors (Lipinski definition) is 6. The van der Waals surface area contributed by atoms with Gasteiger partial charge in [0.05, 0.1) is 24.2 Å². The van der Waals surface area contributed by atoms with Crippen molar-refractivity contribution in [1.29, 1.82) is 0 Å². The molecule has 0 radical (unpaired) electrons. The first-order valence-electron chi connectivity index (χ1n) is 9.21. The average molecular weight is 420 g/mol. The van der Waals surface area contributed by atoms with Gasteiger partial charge in [0.1, 0.15) is 5.75 Å². The van der Waals surface area contributed by atoms with Crippen LogP contribution in [-0.4, -0.2) is 28.3 Å². The molecular formula is C22H20N4O3S. The second kappa shape index (κ2) is 8.00. The normalized spacial score (nSPS) is 10.9. The lowest BCUT2D eigenvalue weighted by molar-refractivity contribution is 0.201. The standard InChI is InChI=1S/C22H20N4O3S/c1-13-17-11-15(26(22(27)28)12-14-4-3-5-16(10-14)29-2)6-7-19(17)30-20(13)18-8-9-24-21(23)25-18/h3-11H,12H2,1-2H3,(H,27,28)(H2,23,24,25). The average Bonchev–Trinajstić information content (AvgIpc) is 3.08. The Morgan fingerprint density at radius 2 is 2.07 bits per heavy atom. The maximum absolute atomic E-state index is 12.0. The molecule has 0 saturated heterocycles. The van der Waals surface area contributed by atoms with Crippen molar-refractivity contribution in [1.82, 2.24) is 9.97 Å². The summed E-state index contributed by atoms with van der Waals surface area (Å²) in [5.41, 5.74) is 8.97. The first kappa shape index (κ1) is 19.7. The Bertz CT molecular complexity index is 1240. The number of nitrogens with two attached hydrogens (primary N) is 1. The van der Waals surface area contributed by atoms with Gasteiger partial charge in [0.2, 0.25) is 5.95 Å². The third-order valence-electron chi connectivity index (χ3n) is 4.84. The number of anilines is 2. The smallest absolute Gasteiger partial charge is 0.412 e. The highest BCUT2D eigenvalue weighted by Gasteiger charge is 2.18. The Hall–Kier alpha value is -3.65. The SMILES string of the molecule is COc1cccc(CN(C(=O)O)c2ccc3sc(-c4ccnc(N)n4)c(C)c3c2)c1. The van der Waals surface area contributed by atoms with Crippen molar-refractivity contribution in [2.45, 2.75) is 13.5 Å². The lowest BCUT2D eigenvalue weighted by atomic mass is 10.1. The van der Waals surface area contributed by atoms with Crippen LogP contribution in [0.2, 0.25) is 0 Å². The number of methoxy groups -OCH3 is 1. The second-order valence-corrected chi connectivity index (χ2v) is 7.81. The zero-order chi connectivity index (χ0) is 21.3. The quantitative estimate of drug-likeness (QED) is 0.474. The molecule has 0 unspecified atom stereocenters. The van der Waals surface area contributed by atoms with Gasteiger partial charge in [0.25, 0.3) is 0 Å². The predicted octanol–water partition coefficient (Wildman–Crippen LogP) is 4.94. The molecule has 2 heterocycles. The van der Waals surface area contributed by atoms with Crippen LogP contribution in [0.15, 0.2) is 54.7 Å². The largest absolute Gasteiger partial charge is 0.497 e. The topological polar surface area (TPSA) is 102 Å². The van der Waals surface area contributed by atoms with E-state index < -0.39 is 6.09 Å². The molecule has 0 atom stereocenters. The van der Waals surface area contributed by atoms with Crippen molar-refractivity contribution in [2.24, 2.45) is 0 Å². The lowest BCUT2D eigenvalue weighted by Gasteiger charge is -2.20. The fraction of sp³-hybridized carbons (Fsp3) is 0.136. The molecule has 4 rings (SSSR count). The van der Waals surface area contributed by atoms with Crippen molar-refractivity contribution in [3.8, 4) is 16.3 Å². The Labute approximate surface area is 177 Å². The van der Waals surface area contributed by atoms with E-state index in [0.29, 0.717) is 11.4 Å². The number of hydrogen-bond donors (Lipinski definition) is 2. The van der Waals surface area contributed by atoms with E-state index in [-0.39, 0.29) is 12.5 Å². The molecule has 0 aliphatic rings. The summed E-state index contributed by atoms with van der Waals surface area (Å²) in [6.07, 6.45) is 0.613. The number of amides is 1. The zero-order valence-electron chi connectivity index (χ0n) is 16.5. The van der Waals surface area contributed by atoms with Crippen molar-refractivity contribution < 1.29 is 14.6 Å². The Morgan fingerprint density at radius 3 is 2.80 bits per heavy atom. The summed E-state index contributed by atoms with van der Waals surface area (Å²) in [7, 11) is 1.59. The zero-order valence-corrected chi connectivity index (χ0v) is 17.3. The Morgan fingerprint density at radius 1 is 1.23 bits per heavy atom. The number of thiophene rings is 1. The molecule has 3 N–H and O–H groups in total. The van der Waals surface area contributed by atoms with Gasteiger partial charge in [-0.3, -0.25) is 4.90 Å². The number of benzene rings is 2. The van der Waals surface area contributed by atoms with Gasteiger partial charge in [-0.15, -0.1) is 11.3 Å². The summed E-state index contributed by atoms with van der Waals surface area (Å²) in [5.74, 6) is 0.913. The molecule has 0 saturated carbocycles. The molecule has 8 heteroatoms. The fourth-order valence-electron chi connectivity index (χ4n) is 3.34. The minimum Gasteiger partial charge on any atom is -0.497 e. The summed E-state index contributed by atoms with van der Waals surface area (Å²) >= 11 is 1.60. The summed E-state index contributed by atoms with van der Waals surface area (Å²) < 4.78 is 6.30. The third kappa shape index (κ3) is 3.77. The minimum atomic E-state index is -1.02. The van der Waals surface area contributed by atoms with Crippen molar-refractivity contribution in [3.63, 3.8) is 0 Å². The van der Waals surface area contributed by atoms with E-state index in [4.69, 9.17) is 10.5 Å². The number of nitrogens with zero attached hydrogens (tertiary/aromatic N) is 3. The van der Waals surface area contributed by atoms with Gasteiger partial charge in [-0.2, -0.15) is 0 Å². The van der Waals surface area contributed by atoms with E-state index in [2.05, 4.69) is 9.97 Å². The monoisotopic (exact) mass is 420 g/mol. The highest BCUT2D eigenvalue weighted by molar-refractivity contribution is 7.22. The van der Waals surface area contributed by atoms with E-state index in [1.807, 2.05) is 55.5 Å². The number of nitrogen functional groups attached to an aromatic ring is 1. The summed E-state index contributed by atoms with van der Waals surface area (Å²) in [6, 6.07) is 14.9. The molecule has 0 spiro atoms. The minimum absolute atomic E-state index is 0.219. The van der Waals surface area contributed by atoms with E-state index in [9.17, 15) is 9.90 Å². The van der Waals surface area contributed by atoms with Crippen LogP contribution in [0, 0.1) is 6.92 Å². The first-order chi connectivity index (χ1) is 14.5. The van der Waals surface area contributed by atoms with E-state index in [1.165, 1.54) is 4.90 Å². The van der Waals surface area contributed by atoms with Gasteiger partial charge in [-0.25, -0.2) is 14.8 Å². The summed E-state index contributed by atoms with van der Waals surface area (Å²) in [4.78, 5) is 22.6. The van der Waals surface area contributed by atoms with Gasteiger partial charge in [0.15, 0.2) is 0 Å². The highest BCUT2D eigenvalue weighted by Crippen LogP contribution is 2.39. The van der Waals surface area contributed by atoms with Gasteiger partial charge >= 0.3 is 6.09 Å². The highest BCUT2D eigenvalue weighted by atomic mass is 32.1. The maximum atomic E-state index is 12.0. The number of fused-ring (bicyclic) bond motifs is 1. The lowest BCUT2D eigenvalue weighted by Crippen LogP contribution is -2.28. The van der Waals surface area contributed by atoms with E-state index in [1.54, 1.807) is 24.6 Å². The van der Waals surface area contributed by atoms with Crippen LogP contribution in [0.4, 0.5) is 16.4 Å². The molecule has 7 nitrogen and oxygen atoms in total. The van der Waals surface area contributed by atoms with Gasteiger partial charge < -0.3 is 15.6 Å². The fourth-order valence-corrected chi connectivity index (χ4v) is 4.50. The van der Waals surface area contributed by atoms with Crippen molar-refractivity contribution in [2.75, 3.05) is 17.7 Å². The van der Waals surface area contributed by atoms with Gasteiger partial charge in [-0.1, -0.05) is 12.1 Å². The molecule has 1 amide bonds. The van der Waals surface area contributed by atoms with E-state index in [0.717, 1.165) is 31.8 Å². The van der Waals surface area contributed by atoms with Crippen LogP contribution in [0.5, 0.6) is 5.75 Å². The molecule has 2 aromatic heterocycles. The molecule has 152 valence electrons. The number of rotatable bonds is 5. The van der Waals surface area contributed by atoms with Crippen LogP contribution in [-0.2, 0) is 6.54 Å². The van der Waals surface area contributed by atoms with Crippen molar-refractivity contribution in [3.05, 3.63) is 65.9 Å². The third-order valence-corrected chi connectivity index (χ3v) is 6.14. The maximum Gasteiger partial charge on any atom is 0.412 e. The first-order valence-corrected chi connectivity index (χ1v) is 10.0. The van der Waals surface area contributed by atoms with Gasteiger partial charge in [0, 0.05) is 16.6 Å². The molecular weight excluding hydrogens is 400 g/mol. The van der Waals surface area contributed by atoms with E-state index >= 15 is 0 Å². The molecule has 0 aliphatic heterocycles. The number of carbonyl (C=O) groups is 1. The molecule has 0 aliphatic carbocycles. The Balaban J connectivity index is 1.73. The van der Waals surface area contributed by atoms with Crippen LogP contribution in [0.3, 0.4) is 0 Å². The number of carboxylic acid groups (broad SMARTS) is 1. The van der Waals surface area contributed by atoms with Crippen LogP contribution in [0.1, 0.15) is 11.1 Å². The number of aromatic nitrogens is 2. The van der Waals surface area contributed by atoms with Crippen molar-refractivity contribution >= 4 is 39.2 Å². The Kier molecular flexibility index (Phi) is 5.24. The van der Waals surface area contributed by atoms with Crippen LogP contribution < -0.4 is 15.4 Å². The molecule has 0 fully saturated rings. The predicted molar refractivity (Wildman–Crippen MR) is 119 cm³/mol. The molecule has 0 bridgehead atoms. The second-order valence-electron chi connectivity index (χ2n) is 6.76. The number of aryl methyl sites for hydroxylation is 1.